The highest BCUT2D eigenvalue weighted by Gasteiger charge is 2.14. The summed E-state index contributed by atoms with van der Waals surface area (Å²) in [5.41, 5.74) is 4.33. The molecule has 3 amide bonds. The maximum atomic E-state index is 12.5. The van der Waals surface area contributed by atoms with E-state index >= 15 is 0 Å². The number of rotatable bonds is 5. The van der Waals surface area contributed by atoms with Gasteiger partial charge in [0.2, 0.25) is 0 Å². The van der Waals surface area contributed by atoms with E-state index in [2.05, 4.69) is 5.32 Å². The molecule has 0 fully saturated rings. The fourth-order valence-electron chi connectivity index (χ4n) is 2.20. The zero-order chi connectivity index (χ0) is 20.0. The maximum Gasteiger partial charge on any atom is 0.308 e. The van der Waals surface area contributed by atoms with Gasteiger partial charge in [0.25, 0.3) is 17.7 Å². The average molecular weight is 371 g/mol. The van der Waals surface area contributed by atoms with E-state index in [0.717, 1.165) is 0 Å². The minimum atomic E-state index is -0.658. The highest BCUT2D eigenvalue weighted by molar-refractivity contribution is 6.07. The lowest BCUT2D eigenvalue weighted by atomic mass is 10.1. The first kappa shape index (κ1) is 19.6. The van der Waals surface area contributed by atoms with Crippen LogP contribution in [0.2, 0.25) is 0 Å². The molecule has 2 aromatic rings. The Kier molecular flexibility index (Phi) is 6.20. The van der Waals surface area contributed by atoms with Crippen LogP contribution in [0.3, 0.4) is 0 Å². The van der Waals surface area contributed by atoms with Gasteiger partial charge in [-0.3, -0.25) is 30.0 Å². The summed E-state index contributed by atoms with van der Waals surface area (Å²) in [6.07, 6.45) is 0. The molecular weight excluding hydrogens is 354 g/mol. The normalized spacial score (nSPS) is 9.89. The largest absolute Gasteiger partial charge is 0.427 e. The number of hydrogen-bond donors (Lipinski definition) is 5. The molecule has 140 valence electrons. The van der Waals surface area contributed by atoms with E-state index in [-0.39, 0.29) is 28.1 Å². The van der Waals surface area contributed by atoms with Gasteiger partial charge in [0.1, 0.15) is 5.75 Å². The van der Waals surface area contributed by atoms with Crippen LogP contribution in [-0.2, 0) is 4.79 Å². The molecule has 2 aromatic carbocycles. The molecular formula is C17H17N5O5. The molecule has 7 N–H and O–H groups in total. The standard InChI is InChI=1S/C17H17N5O5/c1-9(23)27-14-4-2-3-10(8-14)15(24)20-13-6-11(16(25)21-18)5-12(7-13)17(26)22-19/h2-8H,18-19H2,1H3,(H,20,24)(H,21,25)(H,22,26). The van der Waals surface area contributed by atoms with Crippen LogP contribution in [0, 0.1) is 0 Å². The smallest absolute Gasteiger partial charge is 0.308 e. The van der Waals surface area contributed by atoms with Crippen molar-refractivity contribution in [2.24, 2.45) is 11.7 Å². The molecule has 2 rings (SSSR count). The van der Waals surface area contributed by atoms with Gasteiger partial charge >= 0.3 is 5.97 Å². The summed E-state index contributed by atoms with van der Waals surface area (Å²) in [7, 11) is 0. The lowest BCUT2D eigenvalue weighted by Gasteiger charge is -2.10. The molecule has 0 spiro atoms. The molecule has 0 saturated carbocycles. The van der Waals surface area contributed by atoms with Crippen molar-refractivity contribution >= 4 is 29.4 Å². The van der Waals surface area contributed by atoms with Crippen LogP contribution in [0.25, 0.3) is 0 Å². The Balaban J connectivity index is 2.32. The third-order valence-electron chi connectivity index (χ3n) is 3.34. The number of amides is 3. The van der Waals surface area contributed by atoms with Gasteiger partial charge in [-0.15, -0.1) is 0 Å². The third kappa shape index (κ3) is 5.11. The summed E-state index contributed by atoms with van der Waals surface area (Å²) >= 11 is 0. The molecule has 0 aliphatic heterocycles. The first-order valence-corrected chi connectivity index (χ1v) is 7.61. The second-order valence-electron chi connectivity index (χ2n) is 5.32. The Morgan fingerprint density at radius 2 is 1.41 bits per heavy atom. The Labute approximate surface area is 153 Å². The molecule has 0 aliphatic rings. The minimum Gasteiger partial charge on any atom is -0.427 e. The van der Waals surface area contributed by atoms with E-state index < -0.39 is 23.7 Å². The number of nitrogen functional groups attached to an aromatic ring is 2. The van der Waals surface area contributed by atoms with Gasteiger partial charge in [-0.1, -0.05) is 6.07 Å². The summed E-state index contributed by atoms with van der Waals surface area (Å²) in [5.74, 6) is 8.03. The number of anilines is 1. The number of nitrogens with one attached hydrogen (secondary N) is 3. The molecule has 0 aliphatic carbocycles. The van der Waals surface area contributed by atoms with Crippen molar-refractivity contribution in [3.8, 4) is 5.75 Å². The van der Waals surface area contributed by atoms with Crippen LogP contribution in [0.5, 0.6) is 5.75 Å². The van der Waals surface area contributed by atoms with Gasteiger partial charge in [-0.2, -0.15) is 0 Å². The first-order valence-electron chi connectivity index (χ1n) is 7.61. The molecule has 0 aromatic heterocycles. The Morgan fingerprint density at radius 3 is 1.93 bits per heavy atom. The molecule has 0 unspecified atom stereocenters. The van der Waals surface area contributed by atoms with E-state index in [1.165, 1.54) is 43.3 Å². The van der Waals surface area contributed by atoms with Gasteiger partial charge < -0.3 is 10.1 Å². The monoisotopic (exact) mass is 371 g/mol. The van der Waals surface area contributed by atoms with Gasteiger partial charge in [0.15, 0.2) is 0 Å². The highest BCUT2D eigenvalue weighted by Crippen LogP contribution is 2.18. The molecule has 0 saturated heterocycles. The average Bonchev–Trinajstić information content (AvgIpc) is 2.66. The number of carbonyl (C=O) groups is 4. The number of ether oxygens (including phenoxy) is 1. The number of benzene rings is 2. The van der Waals surface area contributed by atoms with Crippen molar-refractivity contribution in [1.29, 1.82) is 0 Å². The topological polar surface area (TPSA) is 166 Å². The van der Waals surface area contributed by atoms with Crippen LogP contribution < -0.4 is 32.6 Å². The third-order valence-corrected chi connectivity index (χ3v) is 3.34. The number of hydrazine groups is 2. The second kappa shape index (κ2) is 8.56. The molecule has 0 radical (unpaired) electrons. The molecule has 0 heterocycles. The molecule has 0 atom stereocenters. The maximum absolute atomic E-state index is 12.5. The lowest BCUT2D eigenvalue weighted by molar-refractivity contribution is -0.131. The van der Waals surface area contributed by atoms with Crippen LogP contribution in [-0.4, -0.2) is 23.7 Å². The van der Waals surface area contributed by atoms with Crippen molar-refractivity contribution in [2.45, 2.75) is 6.92 Å². The first-order chi connectivity index (χ1) is 12.8. The van der Waals surface area contributed by atoms with E-state index in [9.17, 15) is 19.2 Å². The van der Waals surface area contributed by atoms with Gasteiger partial charge in [0.05, 0.1) is 0 Å². The number of carbonyl (C=O) groups excluding carboxylic acids is 4. The van der Waals surface area contributed by atoms with Crippen molar-refractivity contribution in [3.63, 3.8) is 0 Å². The predicted octanol–water partition coefficient (Wildman–Crippen LogP) is 0.0712. The molecule has 10 heteroatoms. The van der Waals surface area contributed by atoms with Gasteiger partial charge in [0, 0.05) is 29.3 Å². The highest BCUT2D eigenvalue weighted by atomic mass is 16.5. The second-order valence-corrected chi connectivity index (χ2v) is 5.32. The number of nitrogens with two attached hydrogens (primary N) is 2. The molecule has 27 heavy (non-hydrogen) atoms. The number of esters is 1. The predicted molar refractivity (Wildman–Crippen MR) is 95.5 cm³/mol. The lowest BCUT2D eigenvalue weighted by Crippen LogP contribution is -2.32. The van der Waals surface area contributed by atoms with E-state index in [4.69, 9.17) is 16.4 Å². The Morgan fingerprint density at radius 1 is 0.815 bits per heavy atom. The Bertz CT molecular complexity index is 878. The van der Waals surface area contributed by atoms with Crippen molar-refractivity contribution in [2.75, 3.05) is 5.32 Å². The fourth-order valence-corrected chi connectivity index (χ4v) is 2.20. The Hall–Kier alpha value is -3.76. The van der Waals surface area contributed by atoms with Crippen LogP contribution >= 0.6 is 0 Å². The zero-order valence-electron chi connectivity index (χ0n) is 14.2. The zero-order valence-corrected chi connectivity index (χ0v) is 14.2. The summed E-state index contributed by atoms with van der Waals surface area (Å²) in [4.78, 5) is 47.0. The van der Waals surface area contributed by atoms with E-state index in [1.54, 1.807) is 6.07 Å². The SMILES string of the molecule is CC(=O)Oc1cccc(C(=O)Nc2cc(C(=O)NN)cc(C(=O)NN)c2)c1. The van der Waals surface area contributed by atoms with Gasteiger partial charge in [-0.05, 0) is 36.4 Å². The summed E-state index contributed by atoms with van der Waals surface area (Å²) in [5, 5.41) is 2.56. The van der Waals surface area contributed by atoms with Crippen molar-refractivity contribution < 1.29 is 23.9 Å². The quantitative estimate of drug-likeness (QED) is 0.163. The van der Waals surface area contributed by atoms with Crippen LogP contribution in [0.1, 0.15) is 38.0 Å². The van der Waals surface area contributed by atoms with Crippen LogP contribution in [0.4, 0.5) is 5.69 Å². The minimum absolute atomic E-state index is 0.0440. The summed E-state index contributed by atoms with van der Waals surface area (Å²) in [6, 6.07) is 9.88. The van der Waals surface area contributed by atoms with Crippen LogP contribution in [0.15, 0.2) is 42.5 Å². The van der Waals surface area contributed by atoms with Gasteiger partial charge in [-0.25, -0.2) is 11.7 Å². The van der Waals surface area contributed by atoms with E-state index in [1.807, 2.05) is 10.9 Å². The van der Waals surface area contributed by atoms with E-state index in [0.29, 0.717) is 0 Å². The fraction of sp³-hybridized carbons (Fsp3) is 0.0588. The van der Waals surface area contributed by atoms with Crippen molar-refractivity contribution in [3.05, 3.63) is 59.2 Å². The molecule has 10 nitrogen and oxygen atoms in total. The number of hydrogen-bond acceptors (Lipinski definition) is 7. The summed E-state index contributed by atoms with van der Waals surface area (Å²) < 4.78 is 4.93. The molecule has 0 bridgehead atoms. The summed E-state index contributed by atoms with van der Waals surface area (Å²) in [6.45, 7) is 1.24. The van der Waals surface area contributed by atoms with Crippen molar-refractivity contribution in [1.82, 2.24) is 10.9 Å².